The largest absolute Gasteiger partial charge is 0.369 e. The van der Waals surface area contributed by atoms with Crippen LogP contribution in [0.3, 0.4) is 0 Å². The van der Waals surface area contributed by atoms with E-state index in [1.165, 1.54) is 0 Å². The van der Waals surface area contributed by atoms with Gasteiger partial charge in [0.05, 0.1) is 6.42 Å². The molecule has 1 aliphatic heterocycles. The van der Waals surface area contributed by atoms with Crippen LogP contribution in [0.2, 0.25) is 0 Å². The van der Waals surface area contributed by atoms with E-state index in [0.717, 1.165) is 16.8 Å². The van der Waals surface area contributed by atoms with Crippen molar-refractivity contribution >= 4 is 29.4 Å². The van der Waals surface area contributed by atoms with Crippen LogP contribution in [0.4, 0.5) is 5.69 Å². The molecule has 3 rings (SSSR count). The van der Waals surface area contributed by atoms with Gasteiger partial charge >= 0.3 is 0 Å². The van der Waals surface area contributed by atoms with Crippen molar-refractivity contribution in [3.8, 4) is 0 Å². The van der Waals surface area contributed by atoms with Gasteiger partial charge in [-0.25, -0.2) is 4.99 Å². The Morgan fingerprint density at radius 1 is 1.18 bits per heavy atom. The van der Waals surface area contributed by atoms with Crippen molar-refractivity contribution in [1.82, 2.24) is 10.6 Å². The van der Waals surface area contributed by atoms with Crippen LogP contribution in [0, 0.1) is 6.92 Å². The van der Waals surface area contributed by atoms with Crippen LogP contribution in [0.15, 0.2) is 64.6 Å². The van der Waals surface area contributed by atoms with Crippen molar-refractivity contribution < 1.29 is 9.59 Å². The van der Waals surface area contributed by atoms with Gasteiger partial charge in [-0.15, -0.1) is 0 Å². The van der Waals surface area contributed by atoms with Crippen molar-refractivity contribution in [2.75, 3.05) is 5.32 Å². The Morgan fingerprint density at radius 3 is 2.61 bits per heavy atom. The molecule has 0 radical (unpaired) electrons. The van der Waals surface area contributed by atoms with Gasteiger partial charge in [0.2, 0.25) is 17.8 Å². The number of benzene rings is 2. The van der Waals surface area contributed by atoms with Gasteiger partial charge in [-0.3, -0.25) is 14.9 Å². The quantitative estimate of drug-likeness (QED) is 0.463. The lowest BCUT2D eigenvalue weighted by molar-refractivity contribution is -0.126. The van der Waals surface area contributed by atoms with Gasteiger partial charge in [0.1, 0.15) is 6.04 Å². The second-order valence-corrected chi connectivity index (χ2v) is 6.41. The van der Waals surface area contributed by atoms with E-state index in [-0.39, 0.29) is 30.2 Å². The summed E-state index contributed by atoms with van der Waals surface area (Å²) in [6, 6.07) is 16.3. The number of rotatable bonds is 5. The molecule has 1 heterocycles. The molecule has 8 heteroatoms. The lowest BCUT2D eigenvalue weighted by Crippen LogP contribution is -2.33. The molecule has 0 spiro atoms. The minimum absolute atomic E-state index is 0.0526. The number of aryl methyl sites for hydroxylation is 1. The number of nitrogens with zero attached hydrogens (tertiary/aromatic N) is 2. The van der Waals surface area contributed by atoms with Crippen LogP contribution < -0.4 is 21.7 Å². The van der Waals surface area contributed by atoms with Crippen LogP contribution in [-0.4, -0.2) is 29.8 Å². The van der Waals surface area contributed by atoms with E-state index >= 15 is 0 Å². The highest BCUT2D eigenvalue weighted by atomic mass is 16.2. The summed E-state index contributed by atoms with van der Waals surface area (Å²) in [4.78, 5) is 32.3. The number of carbonyl (C=O) groups excluding carboxylic acids is 2. The average molecular weight is 378 g/mol. The van der Waals surface area contributed by atoms with Crippen LogP contribution in [0.5, 0.6) is 0 Å². The number of nitrogens with two attached hydrogens (primary N) is 1. The summed E-state index contributed by atoms with van der Waals surface area (Å²) in [5.41, 5.74) is 8.74. The third kappa shape index (κ3) is 5.41. The van der Waals surface area contributed by atoms with Gasteiger partial charge < -0.3 is 16.4 Å². The topological polar surface area (TPSA) is 121 Å². The number of carbonyl (C=O) groups is 2. The van der Waals surface area contributed by atoms with E-state index < -0.39 is 6.04 Å². The molecule has 0 saturated heterocycles. The number of nitrogens with one attached hydrogen (secondary N) is 3. The third-order valence-corrected chi connectivity index (χ3v) is 4.08. The maximum absolute atomic E-state index is 12.1. The lowest BCUT2D eigenvalue weighted by Gasteiger charge is -2.06. The number of hydrogen-bond acceptors (Lipinski definition) is 4. The average Bonchev–Trinajstić information content (AvgIpc) is 3.01. The van der Waals surface area contributed by atoms with Crippen molar-refractivity contribution in [1.29, 1.82) is 0 Å². The minimum Gasteiger partial charge on any atom is -0.369 e. The first-order valence-corrected chi connectivity index (χ1v) is 8.87. The molecule has 5 N–H and O–H groups in total. The van der Waals surface area contributed by atoms with E-state index in [2.05, 4.69) is 25.9 Å². The van der Waals surface area contributed by atoms with Crippen molar-refractivity contribution in [2.45, 2.75) is 25.9 Å². The molecule has 0 aliphatic carbocycles. The Morgan fingerprint density at radius 2 is 1.89 bits per heavy atom. The van der Waals surface area contributed by atoms with Crippen LogP contribution in [0.1, 0.15) is 17.5 Å². The maximum Gasteiger partial charge on any atom is 0.252 e. The van der Waals surface area contributed by atoms with E-state index in [4.69, 9.17) is 5.73 Å². The van der Waals surface area contributed by atoms with E-state index in [1.807, 2.05) is 61.5 Å². The number of hydrogen-bond donors (Lipinski definition) is 4. The van der Waals surface area contributed by atoms with Gasteiger partial charge in [0, 0.05) is 12.2 Å². The molecule has 28 heavy (non-hydrogen) atoms. The Hall–Kier alpha value is -3.68. The normalized spacial score (nSPS) is 16.3. The summed E-state index contributed by atoms with van der Waals surface area (Å²) in [5, 5.41) is 8.23. The van der Waals surface area contributed by atoms with Gasteiger partial charge in [-0.05, 0) is 24.6 Å². The highest BCUT2D eigenvalue weighted by molar-refractivity contribution is 6.11. The van der Waals surface area contributed by atoms with Crippen LogP contribution in [-0.2, 0) is 16.1 Å². The zero-order chi connectivity index (χ0) is 19.9. The SMILES string of the molecule is Cc1ccc(NC(N)=NC2=N[C@H](CC(=O)NCc3ccccc3)C(=O)N2)cc1. The van der Waals surface area contributed by atoms with E-state index in [9.17, 15) is 9.59 Å². The predicted molar refractivity (Wildman–Crippen MR) is 109 cm³/mol. The molecule has 0 saturated carbocycles. The summed E-state index contributed by atoms with van der Waals surface area (Å²) in [6.45, 7) is 2.39. The van der Waals surface area contributed by atoms with Gasteiger partial charge in [0.25, 0.3) is 5.91 Å². The fourth-order valence-electron chi connectivity index (χ4n) is 2.60. The fourth-order valence-corrected chi connectivity index (χ4v) is 2.60. The molecule has 0 fully saturated rings. The third-order valence-electron chi connectivity index (χ3n) is 4.08. The standard InChI is InChI=1S/C20H22N6O2/c1-13-7-9-15(10-8-13)23-19(21)26-20-24-16(18(28)25-20)11-17(27)22-12-14-5-3-2-4-6-14/h2-10,16H,11-12H2,1H3,(H,22,27)(H4,21,23,24,25,26,28)/t16-/m1/s1. The Kier molecular flexibility index (Phi) is 6.01. The van der Waals surface area contributed by atoms with Crippen molar-refractivity contribution in [3.63, 3.8) is 0 Å². The Bertz CT molecular complexity index is 906. The van der Waals surface area contributed by atoms with Crippen LogP contribution >= 0.6 is 0 Å². The highest BCUT2D eigenvalue weighted by Crippen LogP contribution is 2.09. The molecule has 0 aromatic heterocycles. The number of guanidine groups is 2. The number of aliphatic imine (C=N–C) groups is 2. The fraction of sp³-hybridized carbons (Fsp3) is 0.200. The van der Waals surface area contributed by atoms with Crippen LogP contribution in [0.25, 0.3) is 0 Å². The van der Waals surface area contributed by atoms with E-state index in [1.54, 1.807) is 0 Å². The summed E-state index contributed by atoms with van der Waals surface area (Å²) >= 11 is 0. The molecule has 0 unspecified atom stereocenters. The maximum atomic E-state index is 12.1. The number of amides is 2. The smallest absolute Gasteiger partial charge is 0.252 e. The van der Waals surface area contributed by atoms with Gasteiger partial charge in [-0.1, -0.05) is 48.0 Å². The highest BCUT2D eigenvalue weighted by Gasteiger charge is 2.28. The molecular formula is C20H22N6O2. The predicted octanol–water partition coefficient (Wildman–Crippen LogP) is 1.28. The Balaban J connectivity index is 1.54. The summed E-state index contributed by atoms with van der Waals surface area (Å²) in [7, 11) is 0. The minimum atomic E-state index is -0.818. The molecule has 1 atom stereocenters. The first-order chi connectivity index (χ1) is 13.5. The number of anilines is 1. The molecule has 2 aromatic carbocycles. The molecule has 0 bridgehead atoms. The van der Waals surface area contributed by atoms with E-state index in [0.29, 0.717) is 6.54 Å². The molecule has 144 valence electrons. The molecular weight excluding hydrogens is 356 g/mol. The molecule has 2 amide bonds. The second-order valence-electron chi connectivity index (χ2n) is 6.41. The summed E-state index contributed by atoms with van der Waals surface area (Å²) < 4.78 is 0. The zero-order valence-corrected chi connectivity index (χ0v) is 15.5. The second kappa shape index (κ2) is 8.81. The summed E-state index contributed by atoms with van der Waals surface area (Å²) in [5.74, 6) is -0.458. The first kappa shape index (κ1) is 19.1. The Labute approximate surface area is 163 Å². The monoisotopic (exact) mass is 378 g/mol. The van der Waals surface area contributed by atoms with Gasteiger partial charge in [0.15, 0.2) is 0 Å². The summed E-state index contributed by atoms with van der Waals surface area (Å²) in [6.07, 6.45) is -0.0526. The zero-order valence-electron chi connectivity index (χ0n) is 15.5. The lowest BCUT2D eigenvalue weighted by atomic mass is 10.2. The molecule has 1 aliphatic rings. The van der Waals surface area contributed by atoms with Gasteiger partial charge in [-0.2, -0.15) is 4.99 Å². The van der Waals surface area contributed by atoms with Crippen molar-refractivity contribution in [2.24, 2.45) is 15.7 Å². The van der Waals surface area contributed by atoms with Crippen molar-refractivity contribution in [3.05, 3.63) is 65.7 Å². The molecule has 2 aromatic rings. The first-order valence-electron chi connectivity index (χ1n) is 8.87. The molecule has 8 nitrogen and oxygen atoms in total.